The number of unbranched alkanes of at least 4 members (excludes halogenated alkanes) is 1. The first-order valence-corrected chi connectivity index (χ1v) is 14.7. The van der Waals surface area contributed by atoms with Crippen LogP contribution in [0.3, 0.4) is 0 Å². The minimum Gasteiger partial charge on any atom is -0.465 e. The smallest absolute Gasteiger partial charge is 0.311 e. The van der Waals surface area contributed by atoms with E-state index in [4.69, 9.17) is 9.47 Å². The van der Waals surface area contributed by atoms with Crippen molar-refractivity contribution >= 4 is 29.5 Å². The number of nitrogens with zero attached hydrogens (tertiary/aromatic N) is 3. The molecule has 0 radical (unpaired) electrons. The van der Waals surface area contributed by atoms with E-state index >= 15 is 0 Å². The number of fused-ring (bicyclic) bond motifs is 1. The van der Waals surface area contributed by atoms with Gasteiger partial charge in [-0.2, -0.15) is 0 Å². The van der Waals surface area contributed by atoms with E-state index in [1.54, 1.807) is 28.8 Å². The third-order valence-electron chi connectivity index (χ3n) is 8.59. The molecular formula is C28H43N3O6S. The van der Waals surface area contributed by atoms with Gasteiger partial charge in [-0.05, 0) is 39.0 Å². The van der Waals surface area contributed by atoms with E-state index in [1.807, 2.05) is 4.90 Å². The molecule has 2 amide bonds. The molecule has 2 unspecified atom stereocenters. The van der Waals surface area contributed by atoms with E-state index in [0.717, 1.165) is 26.1 Å². The zero-order valence-corrected chi connectivity index (χ0v) is 23.5. The summed E-state index contributed by atoms with van der Waals surface area (Å²) < 4.78 is 9.96. The number of ether oxygens (including phenoxy) is 2. The summed E-state index contributed by atoms with van der Waals surface area (Å²) in [4.78, 5) is 47.6. The highest BCUT2D eigenvalue weighted by atomic mass is 32.2. The maximum absolute atomic E-state index is 14.4. The molecule has 10 heteroatoms. The molecule has 5 atom stereocenters. The Morgan fingerprint density at radius 2 is 1.97 bits per heavy atom. The number of thioether (sulfide) groups is 1. The van der Waals surface area contributed by atoms with Crippen molar-refractivity contribution in [3.05, 3.63) is 25.3 Å². The second-order valence-electron chi connectivity index (χ2n) is 11.0. The summed E-state index contributed by atoms with van der Waals surface area (Å²) in [6, 6.07) is -0.652. The van der Waals surface area contributed by atoms with Crippen LogP contribution < -0.4 is 0 Å². The Morgan fingerprint density at radius 1 is 1.21 bits per heavy atom. The average molecular weight is 550 g/mol. The van der Waals surface area contributed by atoms with Gasteiger partial charge in [-0.1, -0.05) is 12.2 Å². The van der Waals surface area contributed by atoms with E-state index in [0.29, 0.717) is 58.5 Å². The van der Waals surface area contributed by atoms with Gasteiger partial charge in [-0.15, -0.1) is 24.9 Å². The molecule has 4 aliphatic heterocycles. The van der Waals surface area contributed by atoms with Gasteiger partial charge >= 0.3 is 5.97 Å². The molecule has 0 saturated carbocycles. The number of hydrogen-bond acceptors (Lipinski definition) is 8. The largest absolute Gasteiger partial charge is 0.465 e. The van der Waals surface area contributed by atoms with Gasteiger partial charge in [0.25, 0.3) is 0 Å². The van der Waals surface area contributed by atoms with Gasteiger partial charge in [0.15, 0.2) is 0 Å². The molecule has 4 fully saturated rings. The van der Waals surface area contributed by atoms with Crippen LogP contribution in [-0.4, -0.2) is 119 Å². The first-order valence-electron chi connectivity index (χ1n) is 13.9. The van der Waals surface area contributed by atoms with Crippen LogP contribution in [0, 0.1) is 11.8 Å². The molecule has 4 heterocycles. The van der Waals surface area contributed by atoms with Gasteiger partial charge in [-0.3, -0.25) is 19.3 Å². The van der Waals surface area contributed by atoms with Crippen LogP contribution in [0.2, 0.25) is 0 Å². The highest BCUT2D eigenvalue weighted by Crippen LogP contribution is 2.71. The van der Waals surface area contributed by atoms with Crippen LogP contribution in [0.25, 0.3) is 0 Å². The predicted octanol–water partition coefficient (Wildman–Crippen LogP) is 1.71. The SMILES string of the molecule is C=CCCOC(=O)[C@@H]1[C@H]2C(=O)N(CCCCO)C(C(=O)N(CC=C)CCN3CCOCC3)C23CC[C@@]1(C)S3. The zero-order chi connectivity index (χ0) is 27.3. The van der Waals surface area contributed by atoms with Crippen molar-refractivity contribution in [1.82, 2.24) is 14.7 Å². The Bertz CT molecular complexity index is 911. The first-order chi connectivity index (χ1) is 18.3. The molecule has 0 aromatic rings. The van der Waals surface area contributed by atoms with Gasteiger partial charge in [0, 0.05) is 50.6 Å². The lowest BCUT2D eigenvalue weighted by Gasteiger charge is -2.38. The fourth-order valence-corrected chi connectivity index (χ4v) is 9.08. The quantitative estimate of drug-likeness (QED) is 0.199. The lowest BCUT2D eigenvalue weighted by atomic mass is 9.66. The number of morpholine rings is 1. The molecule has 0 aliphatic carbocycles. The van der Waals surface area contributed by atoms with Gasteiger partial charge in [0.05, 0.1) is 36.4 Å². The van der Waals surface area contributed by atoms with Crippen molar-refractivity contribution < 1.29 is 29.0 Å². The van der Waals surface area contributed by atoms with Crippen molar-refractivity contribution in [3.63, 3.8) is 0 Å². The second-order valence-corrected chi connectivity index (χ2v) is 12.9. The highest BCUT2D eigenvalue weighted by molar-refractivity contribution is 8.02. The third-order valence-corrected chi connectivity index (χ3v) is 10.6. The van der Waals surface area contributed by atoms with Crippen LogP contribution in [0.4, 0.5) is 0 Å². The first kappa shape index (κ1) is 29.1. The van der Waals surface area contributed by atoms with E-state index in [-0.39, 0.29) is 31.0 Å². The molecule has 4 aliphatic rings. The van der Waals surface area contributed by atoms with Crippen LogP contribution in [-0.2, 0) is 23.9 Å². The van der Waals surface area contributed by atoms with Gasteiger partial charge in [-0.25, -0.2) is 0 Å². The van der Waals surface area contributed by atoms with E-state index < -0.39 is 27.4 Å². The van der Waals surface area contributed by atoms with Crippen molar-refractivity contribution in [2.24, 2.45) is 11.8 Å². The summed E-state index contributed by atoms with van der Waals surface area (Å²) in [6.07, 6.45) is 6.61. The zero-order valence-electron chi connectivity index (χ0n) is 22.6. The van der Waals surface area contributed by atoms with Crippen LogP contribution in [0.5, 0.6) is 0 Å². The average Bonchev–Trinajstić information content (AvgIpc) is 3.48. The standard InChI is InChI=1S/C28H43N3O6S/c1-4-6-18-37-26(35)22-21-24(33)31(12-7-8-17-32)23(28(21)10-9-27(22,3)38-28)25(34)30(11-5-2)14-13-29-15-19-36-20-16-29/h4-5,21-23,32H,1-2,6-20H2,3H3/t21-,22-,23?,27+,28?/m0/s1. The number of carbonyl (C=O) groups is 3. The Balaban J connectivity index is 1.62. The maximum Gasteiger partial charge on any atom is 0.311 e. The number of aliphatic hydroxyl groups excluding tert-OH is 1. The summed E-state index contributed by atoms with van der Waals surface area (Å²) in [5.41, 5.74) is 0. The lowest BCUT2D eigenvalue weighted by molar-refractivity contribution is -0.155. The summed E-state index contributed by atoms with van der Waals surface area (Å²) in [5.74, 6) is -1.72. The van der Waals surface area contributed by atoms with Crippen molar-refractivity contribution in [2.75, 3.05) is 65.7 Å². The Morgan fingerprint density at radius 3 is 2.66 bits per heavy atom. The number of esters is 1. The van der Waals surface area contributed by atoms with E-state index in [9.17, 15) is 19.5 Å². The summed E-state index contributed by atoms with van der Waals surface area (Å²) in [7, 11) is 0. The normalized spacial score (nSPS) is 32.3. The fourth-order valence-electron chi connectivity index (χ4n) is 6.74. The van der Waals surface area contributed by atoms with Crippen LogP contribution >= 0.6 is 11.8 Å². The topological polar surface area (TPSA) is 99.6 Å². The molecule has 9 nitrogen and oxygen atoms in total. The number of rotatable bonds is 14. The molecule has 4 saturated heterocycles. The van der Waals surface area contributed by atoms with Crippen molar-refractivity contribution in [2.45, 2.75) is 54.6 Å². The van der Waals surface area contributed by atoms with Gasteiger partial charge in [0.2, 0.25) is 11.8 Å². The van der Waals surface area contributed by atoms with E-state index in [2.05, 4.69) is 25.0 Å². The number of aliphatic hydroxyl groups is 1. The molecule has 1 spiro atoms. The minimum atomic E-state index is -0.664. The predicted molar refractivity (Wildman–Crippen MR) is 147 cm³/mol. The van der Waals surface area contributed by atoms with Gasteiger partial charge < -0.3 is 24.4 Å². The molecule has 4 rings (SSSR count). The summed E-state index contributed by atoms with van der Waals surface area (Å²) >= 11 is 1.66. The number of likely N-dealkylation sites (tertiary alicyclic amines) is 1. The molecule has 0 aromatic heterocycles. The summed E-state index contributed by atoms with van der Waals surface area (Å²) in [6.45, 7) is 15.0. The maximum atomic E-state index is 14.4. The van der Waals surface area contributed by atoms with Crippen molar-refractivity contribution in [3.8, 4) is 0 Å². The van der Waals surface area contributed by atoms with Crippen molar-refractivity contribution in [1.29, 1.82) is 0 Å². The summed E-state index contributed by atoms with van der Waals surface area (Å²) in [5, 5.41) is 9.37. The molecule has 38 heavy (non-hydrogen) atoms. The molecule has 212 valence electrons. The number of amides is 2. The fraction of sp³-hybridized carbons (Fsp3) is 0.750. The van der Waals surface area contributed by atoms with Crippen LogP contribution in [0.1, 0.15) is 39.0 Å². The Labute approximate surface area is 230 Å². The van der Waals surface area contributed by atoms with Gasteiger partial charge in [0.1, 0.15) is 6.04 Å². The molecule has 1 N–H and O–H groups in total. The minimum absolute atomic E-state index is 0.0302. The van der Waals surface area contributed by atoms with Crippen LogP contribution in [0.15, 0.2) is 25.3 Å². The third kappa shape index (κ3) is 5.42. The molecule has 0 aromatic carbocycles. The second kappa shape index (κ2) is 12.5. The lowest BCUT2D eigenvalue weighted by Crippen LogP contribution is -2.56. The molecular weight excluding hydrogens is 506 g/mol. The monoisotopic (exact) mass is 549 g/mol. The Kier molecular flexibility index (Phi) is 9.60. The van der Waals surface area contributed by atoms with E-state index in [1.165, 1.54) is 0 Å². The number of carbonyl (C=O) groups excluding carboxylic acids is 3. The molecule has 2 bridgehead atoms. The highest BCUT2D eigenvalue weighted by Gasteiger charge is 2.77. The number of hydrogen-bond donors (Lipinski definition) is 1. The Hall–Kier alpha value is -1.88.